The SMILES string of the molecule is CCNC(=O)[C@@H](C)OC(=O)COc1ccc(-c2ccccc2)cc1Cl. The summed E-state index contributed by atoms with van der Waals surface area (Å²) in [6.07, 6.45) is -0.869. The molecule has 0 spiro atoms. The van der Waals surface area contributed by atoms with E-state index in [4.69, 9.17) is 21.1 Å². The quantitative estimate of drug-likeness (QED) is 0.767. The van der Waals surface area contributed by atoms with Gasteiger partial charge in [0, 0.05) is 6.54 Å². The Morgan fingerprint density at radius 3 is 2.48 bits per heavy atom. The molecule has 0 bridgehead atoms. The van der Waals surface area contributed by atoms with Gasteiger partial charge in [-0.3, -0.25) is 4.79 Å². The summed E-state index contributed by atoms with van der Waals surface area (Å²) < 4.78 is 10.4. The van der Waals surface area contributed by atoms with Crippen LogP contribution in [-0.4, -0.2) is 31.1 Å². The normalized spacial score (nSPS) is 11.5. The average Bonchev–Trinajstić information content (AvgIpc) is 2.61. The van der Waals surface area contributed by atoms with Gasteiger partial charge in [0.05, 0.1) is 5.02 Å². The Balaban J connectivity index is 1.93. The molecule has 0 fully saturated rings. The molecule has 25 heavy (non-hydrogen) atoms. The fourth-order valence-electron chi connectivity index (χ4n) is 2.17. The Morgan fingerprint density at radius 2 is 1.84 bits per heavy atom. The van der Waals surface area contributed by atoms with E-state index >= 15 is 0 Å². The van der Waals surface area contributed by atoms with E-state index in [1.807, 2.05) is 36.4 Å². The minimum Gasteiger partial charge on any atom is -0.480 e. The van der Waals surface area contributed by atoms with Crippen LogP contribution in [0.25, 0.3) is 11.1 Å². The van der Waals surface area contributed by atoms with Crippen LogP contribution >= 0.6 is 11.6 Å². The second-order valence-electron chi connectivity index (χ2n) is 5.33. The van der Waals surface area contributed by atoms with E-state index in [1.54, 1.807) is 19.1 Å². The number of hydrogen-bond acceptors (Lipinski definition) is 4. The summed E-state index contributed by atoms with van der Waals surface area (Å²) in [5, 5.41) is 2.97. The zero-order chi connectivity index (χ0) is 18.2. The predicted molar refractivity (Wildman–Crippen MR) is 96.6 cm³/mol. The molecule has 0 aliphatic rings. The van der Waals surface area contributed by atoms with E-state index in [0.717, 1.165) is 11.1 Å². The number of amides is 1. The van der Waals surface area contributed by atoms with E-state index in [2.05, 4.69) is 5.32 Å². The van der Waals surface area contributed by atoms with Gasteiger partial charge in [-0.25, -0.2) is 4.79 Å². The van der Waals surface area contributed by atoms with Crippen molar-refractivity contribution in [3.8, 4) is 16.9 Å². The highest BCUT2D eigenvalue weighted by Crippen LogP contribution is 2.30. The molecule has 0 heterocycles. The summed E-state index contributed by atoms with van der Waals surface area (Å²) >= 11 is 6.22. The van der Waals surface area contributed by atoms with Crippen molar-refractivity contribution in [2.75, 3.05) is 13.2 Å². The van der Waals surface area contributed by atoms with Gasteiger partial charge in [0.25, 0.3) is 5.91 Å². The second-order valence-corrected chi connectivity index (χ2v) is 5.73. The number of benzene rings is 2. The van der Waals surface area contributed by atoms with Crippen molar-refractivity contribution >= 4 is 23.5 Å². The van der Waals surface area contributed by atoms with Crippen LogP contribution in [-0.2, 0) is 14.3 Å². The highest BCUT2D eigenvalue weighted by Gasteiger charge is 2.17. The van der Waals surface area contributed by atoms with E-state index < -0.39 is 12.1 Å². The van der Waals surface area contributed by atoms with Crippen LogP contribution in [0.1, 0.15) is 13.8 Å². The third-order valence-electron chi connectivity index (χ3n) is 3.41. The Kier molecular flexibility index (Phi) is 6.83. The first kappa shape index (κ1) is 18.8. The lowest BCUT2D eigenvalue weighted by Gasteiger charge is -2.13. The van der Waals surface area contributed by atoms with Crippen LogP contribution in [0.2, 0.25) is 5.02 Å². The molecular weight excluding hydrogens is 342 g/mol. The molecule has 2 rings (SSSR count). The summed E-state index contributed by atoms with van der Waals surface area (Å²) in [4.78, 5) is 23.3. The lowest BCUT2D eigenvalue weighted by Crippen LogP contribution is -2.36. The molecule has 5 nitrogen and oxygen atoms in total. The van der Waals surface area contributed by atoms with Crippen molar-refractivity contribution in [1.29, 1.82) is 0 Å². The zero-order valence-corrected chi connectivity index (χ0v) is 14.9. The molecule has 0 saturated carbocycles. The molecule has 0 aromatic heterocycles. The zero-order valence-electron chi connectivity index (χ0n) is 14.1. The topological polar surface area (TPSA) is 64.6 Å². The van der Waals surface area contributed by atoms with Gasteiger partial charge in [-0.05, 0) is 37.1 Å². The molecule has 2 aromatic rings. The number of nitrogens with one attached hydrogen (secondary N) is 1. The van der Waals surface area contributed by atoms with Crippen LogP contribution < -0.4 is 10.1 Å². The Bertz CT molecular complexity index is 733. The highest BCUT2D eigenvalue weighted by atomic mass is 35.5. The molecule has 132 valence electrons. The van der Waals surface area contributed by atoms with E-state index in [0.29, 0.717) is 17.3 Å². The summed E-state index contributed by atoms with van der Waals surface area (Å²) in [5.74, 6) is -0.605. The minimum absolute atomic E-state index is 0.325. The first-order valence-electron chi connectivity index (χ1n) is 7.96. The summed E-state index contributed by atoms with van der Waals surface area (Å²) in [5.41, 5.74) is 1.98. The molecule has 1 amide bonds. The van der Waals surface area contributed by atoms with Crippen molar-refractivity contribution in [2.45, 2.75) is 20.0 Å². The molecule has 2 aromatic carbocycles. The van der Waals surface area contributed by atoms with Gasteiger partial charge in [0.2, 0.25) is 0 Å². The summed E-state index contributed by atoms with van der Waals surface area (Å²) in [7, 11) is 0. The van der Waals surface area contributed by atoms with Crippen LogP contribution in [0.4, 0.5) is 0 Å². The number of rotatable bonds is 7. The van der Waals surface area contributed by atoms with E-state index in [1.165, 1.54) is 6.92 Å². The fourth-order valence-corrected chi connectivity index (χ4v) is 2.40. The maximum Gasteiger partial charge on any atom is 0.344 e. The standard InChI is InChI=1S/C19H20ClNO4/c1-3-21-19(23)13(2)25-18(22)12-24-17-10-9-15(11-16(17)20)14-7-5-4-6-8-14/h4-11,13H,3,12H2,1-2H3,(H,21,23)/t13-/m1/s1. The van der Waals surface area contributed by atoms with Gasteiger partial charge in [0.1, 0.15) is 5.75 Å². The number of ether oxygens (including phenoxy) is 2. The van der Waals surface area contributed by atoms with Crippen LogP contribution in [0.5, 0.6) is 5.75 Å². The van der Waals surface area contributed by atoms with Gasteiger partial charge in [0.15, 0.2) is 12.7 Å². The predicted octanol–water partition coefficient (Wildman–Crippen LogP) is 3.45. The summed E-state index contributed by atoms with van der Waals surface area (Å²) in [6.45, 7) is 3.44. The van der Waals surface area contributed by atoms with Gasteiger partial charge in [-0.2, -0.15) is 0 Å². The molecule has 0 saturated heterocycles. The average molecular weight is 362 g/mol. The molecule has 1 N–H and O–H groups in total. The lowest BCUT2D eigenvalue weighted by molar-refractivity contribution is -0.156. The Hall–Kier alpha value is -2.53. The van der Waals surface area contributed by atoms with Crippen molar-refractivity contribution in [3.63, 3.8) is 0 Å². The number of carbonyl (C=O) groups excluding carboxylic acids is 2. The number of likely N-dealkylation sites (N-methyl/N-ethyl adjacent to an activating group) is 1. The Morgan fingerprint density at radius 1 is 1.12 bits per heavy atom. The minimum atomic E-state index is -0.869. The Labute approximate surface area is 151 Å². The van der Waals surface area contributed by atoms with Crippen LogP contribution in [0, 0.1) is 0 Å². The van der Waals surface area contributed by atoms with Gasteiger partial charge >= 0.3 is 5.97 Å². The highest BCUT2D eigenvalue weighted by molar-refractivity contribution is 6.32. The van der Waals surface area contributed by atoms with Crippen LogP contribution in [0.15, 0.2) is 48.5 Å². The number of halogens is 1. The maximum atomic E-state index is 11.8. The van der Waals surface area contributed by atoms with Crippen LogP contribution in [0.3, 0.4) is 0 Å². The molecule has 0 unspecified atom stereocenters. The van der Waals surface area contributed by atoms with Gasteiger partial charge < -0.3 is 14.8 Å². The van der Waals surface area contributed by atoms with Crippen molar-refractivity contribution in [1.82, 2.24) is 5.32 Å². The first-order valence-corrected chi connectivity index (χ1v) is 8.34. The molecule has 1 atom stereocenters. The molecule has 6 heteroatoms. The number of carbonyl (C=O) groups is 2. The van der Waals surface area contributed by atoms with Crippen molar-refractivity contribution in [3.05, 3.63) is 53.6 Å². The van der Waals surface area contributed by atoms with Gasteiger partial charge in [-0.1, -0.05) is 48.0 Å². The monoisotopic (exact) mass is 361 g/mol. The van der Waals surface area contributed by atoms with E-state index in [9.17, 15) is 9.59 Å². The molecule has 0 aliphatic heterocycles. The second kappa shape index (κ2) is 9.08. The molecule has 0 aliphatic carbocycles. The smallest absolute Gasteiger partial charge is 0.344 e. The fraction of sp³-hybridized carbons (Fsp3) is 0.263. The first-order chi connectivity index (χ1) is 12.0. The maximum absolute atomic E-state index is 11.8. The third kappa shape index (κ3) is 5.50. The van der Waals surface area contributed by atoms with Crippen molar-refractivity contribution in [2.24, 2.45) is 0 Å². The van der Waals surface area contributed by atoms with Crippen molar-refractivity contribution < 1.29 is 19.1 Å². The number of hydrogen-bond donors (Lipinski definition) is 1. The van der Waals surface area contributed by atoms with E-state index in [-0.39, 0.29) is 12.5 Å². The summed E-state index contributed by atoms with van der Waals surface area (Å²) in [6, 6.07) is 15.1. The van der Waals surface area contributed by atoms with Gasteiger partial charge in [-0.15, -0.1) is 0 Å². The largest absolute Gasteiger partial charge is 0.480 e. The molecular formula is C19H20ClNO4. The number of esters is 1. The lowest BCUT2D eigenvalue weighted by atomic mass is 10.1. The molecule has 0 radical (unpaired) electrons. The third-order valence-corrected chi connectivity index (χ3v) is 3.71.